The van der Waals surface area contributed by atoms with Crippen LogP contribution in [0.4, 0.5) is 18.9 Å². The Kier molecular flexibility index (Phi) is 6.48. The van der Waals surface area contributed by atoms with E-state index >= 15 is 0 Å². The highest BCUT2D eigenvalue weighted by atomic mass is 32.2. The number of rotatable bonds is 7. The van der Waals surface area contributed by atoms with Gasteiger partial charge in [-0.15, -0.1) is 0 Å². The fourth-order valence-electron chi connectivity index (χ4n) is 1.80. The van der Waals surface area contributed by atoms with Crippen molar-refractivity contribution in [1.82, 2.24) is 0 Å². The van der Waals surface area contributed by atoms with E-state index < -0.39 is 21.9 Å². The van der Waals surface area contributed by atoms with Gasteiger partial charge in [0.05, 0.1) is 4.90 Å². The van der Waals surface area contributed by atoms with Gasteiger partial charge in [0.1, 0.15) is 17.1 Å². The van der Waals surface area contributed by atoms with E-state index in [0.717, 1.165) is 12.5 Å². The fraction of sp³-hybridized carbons (Fsp3) is 0.357. The molecule has 0 heterocycles. The van der Waals surface area contributed by atoms with E-state index in [0.29, 0.717) is 24.2 Å². The van der Waals surface area contributed by atoms with E-state index in [1.165, 1.54) is 29.6 Å². The van der Waals surface area contributed by atoms with Gasteiger partial charge < -0.3 is 0 Å². The number of unbranched alkanes of at least 4 members (excludes halogenated alkanes) is 1. The lowest BCUT2D eigenvalue weighted by Gasteiger charge is -2.08. The molecule has 0 radical (unpaired) electrons. The molecule has 0 amide bonds. The van der Waals surface area contributed by atoms with Crippen molar-refractivity contribution in [3.63, 3.8) is 0 Å². The first kappa shape index (κ1) is 19.3. The monoisotopic (exact) mass is 350 g/mol. The number of hydrogen-bond donors (Lipinski definition) is 3. The summed E-state index contributed by atoms with van der Waals surface area (Å²) in [6, 6.07) is 5.48. The number of allylic oxidation sites excluding steroid dienone is 2. The van der Waals surface area contributed by atoms with Crippen LogP contribution in [0.3, 0.4) is 0 Å². The van der Waals surface area contributed by atoms with Crippen molar-refractivity contribution in [2.24, 2.45) is 5.14 Å². The predicted molar refractivity (Wildman–Crippen MR) is 80.8 cm³/mol. The van der Waals surface area contributed by atoms with Crippen LogP contribution in [-0.2, 0) is 10.0 Å². The normalized spacial score (nSPS) is 13.2. The van der Waals surface area contributed by atoms with Crippen LogP contribution in [0.2, 0.25) is 0 Å². The number of nitrogens with two attached hydrogens (primary N) is 2. The van der Waals surface area contributed by atoms with E-state index in [9.17, 15) is 21.6 Å². The van der Waals surface area contributed by atoms with E-state index in [4.69, 9.17) is 10.5 Å². The first-order valence-corrected chi connectivity index (χ1v) is 8.42. The Morgan fingerprint density at radius 3 is 2.30 bits per heavy atom. The molecule has 23 heavy (non-hydrogen) atoms. The van der Waals surface area contributed by atoms with Crippen LogP contribution in [0.5, 0.6) is 0 Å². The quantitative estimate of drug-likeness (QED) is 0.518. The number of alkyl halides is 3. The third kappa shape index (κ3) is 6.51. The predicted octanol–water partition coefficient (Wildman–Crippen LogP) is 2.19. The van der Waals surface area contributed by atoms with Crippen molar-refractivity contribution >= 4 is 21.4 Å². The maximum Gasteiger partial charge on any atom is 0.432 e. The molecular formula is C14H19F3N3O2S+. The van der Waals surface area contributed by atoms with E-state index in [-0.39, 0.29) is 4.90 Å². The molecule has 128 valence electrons. The summed E-state index contributed by atoms with van der Waals surface area (Å²) in [6.45, 7) is 1.91. The summed E-state index contributed by atoms with van der Waals surface area (Å²) in [5.41, 5.74) is -0.520. The van der Waals surface area contributed by atoms with Crippen molar-refractivity contribution < 1.29 is 26.9 Å². The van der Waals surface area contributed by atoms with Gasteiger partial charge in [-0.1, -0.05) is 13.3 Å². The molecule has 0 saturated carbocycles. The lowest BCUT2D eigenvalue weighted by Crippen LogP contribution is -2.75. The molecule has 0 fully saturated rings. The van der Waals surface area contributed by atoms with Gasteiger partial charge in [-0.05, 0) is 18.6 Å². The molecule has 5 N–H and O–H groups in total. The minimum absolute atomic E-state index is 0.0724. The van der Waals surface area contributed by atoms with Gasteiger partial charge >= 0.3 is 6.18 Å². The Hall–Kier alpha value is -1.71. The van der Waals surface area contributed by atoms with Crippen LogP contribution < -0.4 is 10.5 Å². The highest BCUT2D eigenvalue weighted by molar-refractivity contribution is 7.89. The highest BCUT2D eigenvalue weighted by Crippen LogP contribution is 2.18. The van der Waals surface area contributed by atoms with Crippen LogP contribution >= 0.6 is 0 Å². The number of primary sulfonamides is 1. The maximum absolute atomic E-state index is 12.5. The number of nitrogens with one attached hydrogen (secondary N) is 1. The first-order valence-electron chi connectivity index (χ1n) is 6.88. The molecule has 0 spiro atoms. The fourth-order valence-corrected chi connectivity index (χ4v) is 2.32. The molecular weight excluding hydrogens is 331 g/mol. The summed E-state index contributed by atoms with van der Waals surface area (Å²) in [4.78, 5) is -0.0724. The summed E-state index contributed by atoms with van der Waals surface area (Å²) in [7, 11) is -3.81. The molecule has 0 bridgehead atoms. The van der Waals surface area contributed by atoms with Gasteiger partial charge in [-0.2, -0.15) is 13.2 Å². The molecule has 1 rings (SSSR count). The number of quaternary nitrogens is 1. The Morgan fingerprint density at radius 1 is 1.30 bits per heavy atom. The highest BCUT2D eigenvalue weighted by Gasteiger charge is 2.33. The van der Waals surface area contributed by atoms with Gasteiger partial charge in [-0.25, -0.2) is 13.6 Å². The van der Waals surface area contributed by atoms with Gasteiger partial charge in [0.2, 0.25) is 10.0 Å². The van der Waals surface area contributed by atoms with Gasteiger partial charge in [0, 0.05) is 24.6 Å². The molecule has 0 saturated heterocycles. The lowest BCUT2D eigenvalue weighted by molar-refractivity contribution is -0.520. The smallest absolute Gasteiger partial charge is 0.296 e. The molecule has 5 nitrogen and oxygen atoms in total. The van der Waals surface area contributed by atoms with Crippen molar-refractivity contribution in [3.8, 4) is 0 Å². The second kappa shape index (κ2) is 7.71. The second-order valence-electron chi connectivity index (χ2n) is 4.99. The standard InChI is InChI=1S/C14H18F3N3O2S/c1-2-3-4-11(9-13(18)14(15,16)17)20-10-5-7-12(8-6-10)23(19,21)22/h5-9,18,20H,2-4H2,1H3,(H2,19,21,22)/p+1/b11-9-,18-13?. The van der Waals surface area contributed by atoms with Crippen LogP contribution in [-0.4, -0.2) is 20.3 Å². The zero-order valence-electron chi connectivity index (χ0n) is 12.5. The van der Waals surface area contributed by atoms with E-state index in [1.54, 1.807) is 0 Å². The van der Waals surface area contributed by atoms with Crippen LogP contribution in [0, 0.1) is 5.41 Å². The number of halogens is 3. The summed E-state index contributed by atoms with van der Waals surface area (Å²) >= 11 is 0. The van der Waals surface area contributed by atoms with Crippen molar-refractivity contribution in [2.45, 2.75) is 37.3 Å². The van der Waals surface area contributed by atoms with Crippen LogP contribution in [0.25, 0.3) is 0 Å². The topological polar surface area (TPSA) is 101 Å². The molecule has 0 aromatic heterocycles. The molecule has 1 aromatic carbocycles. The lowest BCUT2D eigenvalue weighted by atomic mass is 10.1. The summed E-state index contributed by atoms with van der Waals surface area (Å²) in [6.07, 6.45) is -2.02. The Labute approximate surface area is 132 Å². The largest absolute Gasteiger partial charge is 0.432 e. The summed E-state index contributed by atoms with van der Waals surface area (Å²) in [5.74, 6) is 0. The third-order valence-electron chi connectivity index (χ3n) is 3.01. The van der Waals surface area contributed by atoms with Crippen molar-refractivity contribution in [2.75, 3.05) is 0 Å². The van der Waals surface area contributed by atoms with E-state index in [2.05, 4.69) is 0 Å². The molecule has 0 aliphatic heterocycles. The van der Waals surface area contributed by atoms with Crippen molar-refractivity contribution in [1.29, 1.82) is 5.41 Å². The van der Waals surface area contributed by atoms with Gasteiger partial charge in [-0.3, -0.25) is 10.7 Å². The molecule has 0 unspecified atom stereocenters. The molecule has 0 aliphatic carbocycles. The molecule has 9 heteroatoms. The minimum atomic E-state index is -4.69. The number of benzene rings is 1. The van der Waals surface area contributed by atoms with Gasteiger partial charge in [0.25, 0.3) is 0 Å². The summed E-state index contributed by atoms with van der Waals surface area (Å²) < 4.78 is 59.8. The average molecular weight is 350 g/mol. The first-order chi connectivity index (χ1) is 10.5. The maximum atomic E-state index is 12.5. The SMILES string of the molecule is CCCC/C(=C/C(=N)C(F)(F)F)[NH2+]c1ccc(S(N)(=O)=O)cc1. The number of sulfonamides is 1. The minimum Gasteiger partial charge on any atom is -0.296 e. The van der Waals surface area contributed by atoms with Crippen LogP contribution in [0.15, 0.2) is 40.9 Å². The van der Waals surface area contributed by atoms with Crippen LogP contribution in [0.1, 0.15) is 26.2 Å². The van der Waals surface area contributed by atoms with E-state index in [1.807, 2.05) is 6.92 Å². The average Bonchev–Trinajstić information content (AvgIpc) is 2.43. The summed E-state index contributed by atoms with van der Waals surface area (Å²) in [5, 5.41) is 13.6. The Morgan fingerprint density at radius 2 is 1.87 bits per heavy atom. The Bertz CT molecular complexity index is 680. The molecule has 0 aliphatic rings. The number of hydrogen-bond acceptors (Lipinski definition) is 3. The molecule has 0 atom stereocenters. The zero-order chi connectivity index (χ0) is 17.7. The third-order valence-corrected chi connectivity index (χ3v) is 3.94. The molecule has 1 aromatic rings. The van der Waals surface area contributed by atoms with Gasteiger partial charge in [0.15, 0.2) is 0 Å². The Balaban J connectivity index is 2.97. The van der Waals surface area contributed by atoms with Crippen molar-refractivity contribution in [3.05, 3.63) is 36.0 Å². The second-order valence-corrected chi connectivity index (χ2v) is 6.55. The zero-order valence-corrected chi connectivity index (χ0v) is 13.3.